The molecule has 4 nitrogen and oxygen atoms in total. The van der Waals surface area contributed by atoms with Gasteiger partial charge in [-0.2, -0.15) is 0 Å². The Labute approximate surface area is 101 Å². The summed E-state index contributed by atoms with van der Waals surface area (Å²) in [6, 6.07) is 6.42. The third-order valence-corrected chi connectivity index (χ3v) is 1.95. The van der Waals surface area contributed by atoms with Gasteiger partial charge in [0.05, 0.1) is 12.7 Å². The van der Waals surface area contributed by atoms with Gasteiger partial charge in [0.2, 0.25) is 0 Å². The summed E-state index contributed by atoms with van der Waals surface area (Å²) in [6.07, 6.45) is 0.0709. The fraction of sp³-hybridized carbons (Fsp3) is 0.385. The van der Waals surface area contributed by atoms with Crippen LogP contribution in [0, 0.1) is 0 Å². The largest absolute Gasteiger partial charge is 0.491 e. The van der Waals surface area contributed by atoms with E-state index >= 15 is 0 Å². The molecular formula is C13H16O4. The third kappa shape index (κ3) is 3.90. The van der Waals surface area contributed by atoms with Gasteiger partial charge in [0.25, 0.3) is 5.78 Å². The second kappa shape index (κ2) is 6.03. The molecule has 0 N–H and O–H groups in total. The molecule has 0 unspecified atom stereocenters. The highest BCUT2D eigenvalue weighted by Crippen LogP contribution is 2.14. The first-order chi connectivity index (χ1) is 8.04. The van der Waals surface area contributed by atoms with Crippen LogP contribution in [0.15, 0.2) is 24.3 Å². The summed E-state index contributed by atoms with van der Waals surface area (Å²) in [5.74, 6) is -0.798. The van der Waals surface area contributed by atoms with E-state index in [9.17, 15) is 9.59 Å². The van der Waals surface area contributed by atoms with E-state index in [1.807, 2.05) is 13.8 Å². The van der Waals surface area contributed by atoms with Crippen molar-refractivity contribution in [3.8, 4) is 5.75 Å². The van der Waals surface area contributed by atoms with Crippen molar-refractivity contribution in [2.24, 2.45) is 0 Å². The number of Topliss-reactive ketones (excluding diaryl/α,β-unsaturated/α-hetero) is 1. The van der Waals surface area contributed by atoms with E-state index in [1.54, 1.807) is 31.2 Å². The van der Waals surface area contributed by atoms with E-state index < -0.39 is 11.8 Å². The summed E-state index contributed by atoms with van der Waals surface area (Å²) < 4.78 is 10.1. The maximum absolute atomic E-state index is 11.6. The van der Waals surface area contributed by atoms with Crippen LogP contribution in [0.5, 0.6) is 5.75 Å². The van der Waals surface area contributed by atoms with Crippen LogP contribution in [0.1, 0.15) is 31.1 Å². The second-order valence-electron chi connectivity index (χ2n) is 3.74. The first-order valence-electron chi connectivity index (χ1n) is 5.52. The number of rotatable bonds is 5. The summed E-state index contributed by atoms with van der Waals surface area (Å²) in [7, 11) is 0. The molecule has 0 aliphatic rings. The number of hydrogen-bond donors (Lipinski definition) is 0. The lowest BCUT2D eigenvalue weighted by Crippen LogP contribution is -2.17. The van der Waals surface area contributed by atoms with Crippen molar-refractivity contribution in [2.75, 3.05) is 6.61 Å². The molecule has 17 heavy (non-hydrogen) atoms. The van der Waals surface area contributed by atoms with Crippen molar-refractivity contribution in [1.82, 2.24) is 0 Å². The SMILES string of the molecule is CCOC(=O)C(=O)c1ccc(OC(C)C)cc1. The Kier molecular flexibility index (Phi) is 4.69. The second-order valence-corrected chi connectivity index (χ2v) is 3.74. The highest BCUT2D eigenvalue weighted by atomic mass is 16.5. The number of ether oxygens (including phenoxy) is 2. The molecule has 0 radical (unpaired) electrons. The Hall–Kier alpha value is -1.84. The average Bonchev–Trinajstić information content (AvgIpc) is 2.28. The molecule has 1 aromatic rings. The minimum Gasteiger partial charge on any atom is -0.491 e. The lowest BCUT2D eigenvalue weighted by atomic mass is 10.1. The Bertz CT molecular complexity index is 392. The Morgan fingerprint density at radius 2 is 1.76 bits per heavy atom. The Morgan fingerprint density at radius 1 is 1.18 bits per heavy atom. The zero-order valence-corrected chi connectivity index (χ0v) is 10.2. The van der Waals surface area contributed by atoms with E-state index in [2.05, 4.69) is 4.74 Å². The summed E-state index contributed by atoms with van der Waals surface area (Å²) >= 11 is 0. The van der Waals surface area contributed by atoms with Gasteiger partial charge < -0.3 is 9.47 Å². The van der Waals surface area contributed by atoms with E-state index in [0.29, 0.717) is 11.3 Å². The lowest BCUT2D eigenvalue weighted by molar-refractivity contribution is -0.137. The maximum Gasteiger partial charge on any atom is 0.379 e. The van der Waals surface area contributed by atoms with Crippen LogP contribution in [0.4, 0.5) is 0 Å². The van der Waals surface area contributed by atoms with Crippen molar-refractivity contribution in [2.45, 2.75) is 26.9 Å². The molecule has 0 aliphatic carbocycles. The topological polar surface area (TPSA) is 52.6 Å². The Balaban J connectivity index is 2.73. The van der Waals surface area contributed by atoms with Crippen LogP contribution >= 0.6 is 0 Å². The number of carbonyl (C=O) groups excluding carboxylic acids is 2. The van der Waals surface area contributed by atoms with Gasteiger partial charge in [-0.1, -0.05) is 0 Å². The van der Waals surface area contributed by atoms with Gasteiger partial charge in [0.1, 0.15) is 5.75 Å². The number of ketones is 1. The third-order valence-electron chi connectivity index (χ3n) is 1.95. The van der Waals surface area contributed by atoms with Crippen molar-refractivity contribution in [1.29, 1.82) is 0 Å². The molecule has 0 bridgehead atoms. The smallest absolute Gasteiger partial charge is 0.379 e. The standard InChI is InChI=1S/C13H16O4/c1-4-16-13(15)12(14)10-5-7-11(8-6-10)17-9(2)3/h5-9H,4H2,1-3H3. The van der Waals surface area contributed by atoms with Crippen molar-refractivity contribution < 1.29 is 19.1 Å². The van der Waals surface area contributed by atoms with Gasteiger partial charge in [-0.15, -0.1) is 0 Å². The summed E-state index contributed by atoms with van der Waals surface area (Å²) in [5.41, 5.74) is 0.305. The maximum atomic E-state index is 11.6. The van der Waals surface area contributed by atoms with E-state index in [0.717, 1.165) is 0 Å². The molecule has 4 heteroatoms. The van der Waals surface area contributed by atoms with Crippen molar-refractivity contribution >= 4 is 11.8 Å². The van der Waals surface area contributed by atoms with Gasteiger partial charge >= 0.3 is 5.97 Å². The fourth-order valence-electron chi connectivity index (χ4n) is 1.27. The van der Waals surface area contributed by atoms with Gasteiger partial charge in [-0.3, -0.25) is 4.79 Å². The molecule has 0 saturated carbocycles. The van der Waals surface area contributed by atoms with Crippen molar-refractivity contribution in [3.63, 3.8) is 0 Å². The number of hydrogen-bond acceptors (Lipinski definition) is 4. The minimum absolute atomic E-state index is 0.0709. The van der Waals surface area contributed by atoms with Crippen LogP contribution in [0.3, 0.4) is 0 Å². The molecule has 0 atom stereocenters. The van der Waals surface area contributed by atoms with Crippen molar-refractivity contribution in [3.05, 3.63) is 29.8 Å². The molecule has 92 valence electrons. The normalized spacial score (nSPS) is 10.1. The predicted molar refractivity (Wildman–Crippen MR) is 63.2 cm³/mol. The Morgan fingerprint density at radius 3 is 2.24 bits per heavy atom. The fourth-order valence-corrected chi connectivity index (χ4v) is 1.27. The van der Waals surface area contributed by atoms with Gasteiger partial charge in [0, 0.05) is 5.56 Å². The zero-order chi connectivity index (χ0) is 12.8. The van der Waals surface area contributed by atoms with Gasteiger partial charge in [0.15, 0.2) is 0 Å². The molecule has 0 aromatic heterocycles. The van der Waals surface area contributed by atoms with Crippen LogP contribution in [0.2, 0.25) is 0 Å². The minimum atomic E-state index is -0.829. The highest BCUT2D eigenvalue weighted by molar-refractivity contribution is 6.40. The van der Waals surface area contributed by atoms with Crippen LogP contribution in [-0.4, -0.2) is 24.5 Å². The monoisotopic (exact) mass is 236 g/mol. The summed E-state index contributed by atoms with van der Waals surface area (Å²) in [6.45, 7) is 5.68. The van der Waals surface area contributed by atoms with Crippen LogP contribution in [0.25, 0.3) is 0 Å². The average molecular weight is 236 g/mol. The first kappa shape index (κ1) is 13.2. The quantitative estimate of drug-likeness (QED) is 0.447. The van der Waals surface area contributed by atoms with Gasteiger partial charge in [-0.05, 0) is 45.0 Å². The van der Waals surface area contributed by atoms with E-state index in [4.69, 9.17) is 4.74 Å². The van der Waals surface area contributed by atoms with Crippen LogP contribution in [-0.2, 0) is 9.53 Å². The molecular weight excluding hydrogens is 220 g/mol. The van der Waals surface area contributed by atoms with E-state index in [1.165, 1.54) is 0 Å². The zero-order valence-electron chi connectivity index (χ0n) is 10.2. The molecule has 0 amide bonds. The summed E-state index contributed by atoms with van der Waals surface area (Å²) in [5, 5.41) is 0. The number of benzene rings is 1. The van der Waals surface area contributed by atoms with E-state index in [-0.39, 0.29) is 12.7 Å². The summed E-state index contributed by atoms with van der Waals surface area (Å²) in [4.78, 5) is 22.8. The van der Waals surface area contributed by atoms with Crippen LogP contribution < -0.4 is 4.74 Å². The highest BCUT2D eigenvalue weighted by Gasteiger charge is 2.17. The predicted octanol–water partition coefficient (Wildman–Crippen LogP) is 2.22. The molecule has 0 aliphatic heterocycles. The first-order valence-corrected chi connectivity index (χ1v) is 5.52. The molecule has 1 aromatic carbocycles. The number of esters is 1. The molecule has 0 saturated heterocycles. The molecule has 0 fully saturated rings. The van der Waals surface area contributed by atoms with Gasteiger partial charge in [-0.25, -0.2) is 4.79 Å². The lowest BCUT2D eigenvalue weighted by Gasteiger charge is -2.09. The molecule has 0 heterocycles. The number of carbonyl (C=O) groups is 2. The molecule has 0 spiro atoms. The molecule has 1 rings (SSSR count).